The van der Waals surface area contributed by atoms with E-state index in [-0.39, 0.29) is 30.0 Å². The summed E-state index contributed by atoms with van der Waals surface area (Å²) >= 11 is 0. The minimum Gasteiger partial charge on any atom is -0.320 e. The molecule has 0 bridgehead atoms. The van der Waals surface area contributed by atoms with Crippen LogP contribution in [0.4, 0.5) is 4.39 Å². The maximum absolute atomic E-state index is 14.1. The van der Waals surface area contributed by atoms with Gasteiger partial charge in [-0.1, -0.05) is 25.1 Å². The van der Waals surface area contributed by atoms with E-state index in [0.29, 0.717) is 18.5 Å². The predicted molar refractivity (Wildman–Crippen MR) is 81.2 cm³/mol. The van der Waals surface area contributed by atoms with Gasteiger partial charge in [-0.25, -0.2) is 4.39 Å². The summed E-state index contributed by atoms with van der Waals surface area (Å²) in [6.07, 6.45) is 0.322. The molecule has 4 nitrogen and oxygen atoms in total. The average molecular weight is 293 g/mol. The van der Waals surface area contributed by atoms with Crippen molar-refractivity contribution in [1.82, 2.24) is 15.1 Å². The molecule has 0 aromatic heterocycles. The van der Waals surface area contributed by atoms with Crippen LogP contribution < -0.4 is 5.32 Å². The molecule has 1 fully saturated rings. The molecule has 1 aromatic carbocycles. The highest BCUT2D eigenvalue weighted by atomic mass is 19.1. The number of hydrogen-bond acceptors (Lipinski definition) is 3. The first-order chi connectivity index (χ1) is 9.95. The molecule has 1 aromatic rings. The Bertz CT molecular complexity index is 506. The molecule has 0 radical (unpaired) electrons. The average Bonchev–Trinajstić information content (AvgIpc) is 2.76. The second-order valence-electron chi connectivity index (χ2n) is 5.85. The molecule has 1 amide bonds. The third-order valence-electron chi connectivity index (χ3n) is 4.20. The van der Waals surface area contributed by atoms with Crippen LogP contribution in [0.5, 0.6) is 0 Å². The lowest BCUT2D eigenvalue weighted by Crippen LogP contribution is -2.41. The van der Waals surface area contributed by atoms with Crippen molar-refractivity contribution in [2.24, 2.45) is 0 Å². The van der Waals surface area contributed by atoms with E-state index >= 15 is 0 Å². The van der Waals surface area contributed by atoms with Crippen molar-refractivity contribution in [3.05, 3.63) is 35.6 Å². The van der Waals surface area contributed by atoms with E-state index in [4.69, 9.17) is 0 Å². The number of nitrogens with one attached hydrogen (secondary N) is 1. The van der Waals surface area contributed by atoms with Crippen LogP contribution in [0.1, 0.15) is 32.0 Å². The first-order valence-corrected chi connectivity index (χ1v) is 7.43. The number of benzene rings is 1. The summed E-state index contributed by atoms with van der Waals surface area (Å²) in [7, 11) is 3.96. The molecule has 2 rings (SSSR count). The number of nitrogens with zero attached hydrogens (tertiary/aromatic N) is 2. The van der Waals surface area contributed by atoms with E-state index in [1.54, 1.807) is 23.1 Å². The number of rotatable bonds is 5. The molecule has 1 heterocycles. The largest absolute Gasteiger partial charge is 0.320 e. The molecule has 3 atom stereocenters. The highest BCUT2D eigenvalue weighted by molar-refractivity contribution is 5.84. The summed E-state index contributed by atoms with van der Waals surface area (Å²) in [4.78, 5) is 16.3. The third-order valence-corrected chi connectivity index (χ3v) is 4.20. The van der Waals surface area contributed by atoms with Gasteiger partial charge in [0, 0.05) is 18.2 Å². The van der Waals surface area contributed by atoms with Crippen LogP contribution in [0.25, 0.3) is 0 Å². The van der Waals surface area contributed by atoms with Gasteiger partial charge < -0.3 is 9.80 Å². The van der Waals surface area contributed by atoms with Gasteiger partial charge in [0.25, 0.3) is 0 Å². The summed E-state index contributed by atoms with van der Waals surface area (Å²) in [5, 5.41) is 3.26. The van der Waals surface area contributed by atoms with Crippen molar-refractivity contribution in [2.75, 3.05) is 20.6 Å². The maximum Gasteiger partial charge on any atom is 0.241 e. The van der Waals surface area contributed by atoms with Gasteiger partial charge in [0.05, 0.1) is 6.04 Å². The van der Waals surface area contributed by atoms with Gasteiger partial charge in [-0.2, -0.15) is 0 Å². The minimum atomic E-state index is -0.383. The summed E-state index contributed by atoms with van der Waals surface area (Å²) in [5.74, 6) is -0.221. The van der Waals surface area contributed by atoms with E-state index < -0.39 is 0 Å². The minimum absolute atomic E-state index is 0.0550. The van der Waals surface area contributed by atoms with Crippen LogP contribution in [0.2, 0.25) is 0 Å². The molecular weight excluding hydrogens is 269 g/mol. The predicted octanol–water partition coefficient (Wildman–Crippen LogP) is 1.98. The summed E-state index contributed by atoms with van der Waals surface area (Å²) in [6, 6.07) is 6.63. The molecule has 1 aliphatic rings. The topological polar surface area (TPSA) is 35.6 Å². The monoisotopic (exact) mass is 293 g/mol. The van der Waals surface area contributed by atoms with Gasteiger partial charge >= 0.3 is 0 Å². The molecule has 1 saturated heterocycles. The fourth-order valence-electron chi connectivity index (χ4n) is 2.57. The van der Waals surface area contributed by atoms with Crippen LogP contribution in [-0.2, 0) is 4.79 Å². The molecule has 5 heteroatoms. The number of carbonyl (C=O) groups excluding carboxylic acids is 1. The zero-order chi connectivity index (χ0) is 15.6. The van der Waals surface area contributed by atoms with Crippen LogP contribution >= 0.6 is 0 Å². The van der Waals surface area contributed by atoms with Crippen LogP contribution in [0.3, 0.4) is 0 Å². The van der Waals surface area contributed by atoms with E-state index in [9.17, 15) is 9.18 Å². The lowest BCUT2D eigenvalue weighted by Gasteiger charge is -2.30. The molecule has 0 aliphatic carbocycles. The smallest absolute Gasteiger partial charge is 0.241 e. The van der Waals surface area contributed by atoms with Crippen molar-refractivity contribution < 1.29 is 9.18 Å². The summed E-state index contributed by atoms with van der Waals surface area (Å²) in [5.41, 5.74) is 0.535. The Morgan fingerprint density at radius 1 is 1.38 bits per heavy atom. The Hall–Kier alpha value is -1.46. The van der Waals surface area contributed by atoms with Crippen LogP contribution in [-0.4, -0.2) is 48.4 Å². The summed E-state index contributed by atoms with van der Waals surface area (Å²) in [6.45, 7) is 4.60. The number of amides is 1. The molecule has 3 unspecified atom stereocenters. The number of halogens is 1. The number of likely N-dealkylation sites (N-methyl/N-ethyl adjacent to an activating group) is 1. The van der Waals surface area contributed by atoms with Crippen LogP contribution in [0, 0.1) is 5.82 Å². The fourth-order valence-corrected chi connectivity index (χ4v) is 2.57. The van der Waals surface area contributed by atoms with Gasteiger partial charge in [-0.05, 0) is 33.5 Å². The fraction of sp³-hybridized carbons (Fsp3) is 0.562. The van der Waals surface area contributed by atoms with Gasteiger partial charge in [0.2, 0.25) is 5.91 Å². The van der Waals surface area contributed by atoms with Crippen molar-refractivity contribution >= 4 is 5.91 Å². The second kappa shape index (κ2) is 6.54. The SMILES string of the molecule is CCC1NC(c2ccccc2F)N(CC(C)N(C)C)C1=O. The maximum atomic E-state index is 14.1. The van der Waals surface area contributed by atoms with E-state index in [0.717, 1.165) is 0 Å². The van der Waals surface area contributed by atoms with Crippen molar-refractivity contribution in [2.45, 2.75) is 38.5 Å². The Kier molecular flexibility index (Phi) is 4.96. The van der Waals surface area contributed by atoms with E-state index in [1.165, 1.54) is 6.07 Å². The zero-order valence-corrected chi connectivity index (χ0v) is 13.1. The third kappa shape index (κ3) is 3.24. The molecule has 1 aliphatic heterocycles. The molecule has 1 N–H and O–H groups in total. The van der Waals surface area contributed by atoms with Gasteiger partial charge in [0.15, 0.2) is 0 Å². The second-order valence-corrected chi connectivity index (χ2v) is 5.85. The highest BCUT2D eigenvalue weighted by Crippen LogP contribution is 2.28. The van der Waals surface area contributed by atoms with Gasteiger partial charge in [0.1, 0.15) is 12.0 Å². The van der Waals surface area contributed by atoms with Crippen molar-refractivity contribution in [3.8, 4) is 0 Å². The van der Waals surface area contributed by atoms with E-state index in [1.807, 2.05) is 21.0 Å². The Balaban J connectivity index is 2.29. The standard InChI is InChI=1S/C16H24FN3O/c1-5-14-16(21)20(10-11(2)19(3)4)15(18-14)12-8-6-7-9-13(12)17/h6-9,11,14-15,18H,5,10H2,1-4H3. The Morgan fingerprint density at radius 2 is 2.05 bits per heavy atom. The lowest BCUT2D eigenvalue weighted by atomic mass is 10.1. The van der Waals surface area contributed by atoms with Crippen molar-refractivity contribution in [1.29, 1.82) is 0 Å². The first kappa shape index (κ1) is 15.9. The highest BCUT2D eigenvalue weighted by Gasteiger charge is 2.40. The van der Waals surface area contributed by atoms with E-state index in [2.05, 4.69) is 17.1 Å². The number of hydrogen-bond donors (Lipinski definition) is 1. The Labute approximate surface area is 125 Å². The van der Waals surface area contributed by atoms with Crippen molar-refractivity contribution in [3.63, 3.8) is 0 Å². The molecule has 0 spiro atoms. The lowest BCUT2D eigenvalue weighted by molar-refractivity contribution is -0.130. The first-order valence-electron chi connectivity index (χ1n) is 7.43. The molecule has 116 valence electrons. The normalized spacial score (nSPS) is 23.9. The number of carbonyl (C=O) groups is 1. The quantitative estimate of drug-likeness (QED) is 0.902. The molecule has 0 saturated carbocycles. The molecule has 21 heavy (non-hydrogen) atoms. The Morgan fingerprint density at radius 3 is 2.62 bits per heavy atom. The van der Waals surface area contributed by atoms with Crippen LogP contribution in [0.15, 0.2) is 24.3 Å². The van der Waals surface area contributed by atoms with Gasteiger partial charge in [-0.3, -0.25) is 10.1 Å². The summed E-state index contributed by atoms with van der Waals surface area (Å²) < 4.78 is 14.1. The zero-order valence-electron chi connectivity index (χ0n) is 13.1. The van der Waals surface area contributed by atoms with Gasteiger partial charge in [-0.15, -0.1) is 0 Å². The molecular formula is C16H24FN3O.